The number of aliphatic carboxylic acids is 1. The Morgan fingerprint density at radius 1 is 0.623 bits per heavy atom. The number of tetrazole rings is 1. The highest BCUT2D eigenvalue weighted by Crippen LogP contribution is 2.33. The summed E-state index contributed by atoms with van der Waals surface area (Å²) >= 11 is 0. The van der Waals surface area contributed by atoms with Crippen molar-refractivity contribution >= 4 is 70.3 Å². The maximum Gasteiger partial charge on any atom is 0.305 e. The highest BCUT2D eigenvalue weighted by atomic mass is 19.1. The van der Waals surface area contributed by atoms with E-state index < -0.39 is 199 Å². The number of Topliss-reactive ketones (excluding diaryl/α,β-unsaturated/α-hetero) is 5. The summed E-state index contributed by atoms with van der Waals surface area (Å²) in [6, 6.07) is 20.9. The molecule has 1 heterocycles. The molecule has 0 spiro atoms. The van der Waals surface area contributed by atoms with Gasteiger partial charge in [0.05, 0.1) is 66.7 Å². The van der Waals surface area contributed by atoms with E-state index in [1.54, 1.807) is 24.3 Å². The number of halogens is 1. The number of hydrogen-bond acceptors (Lipinski definition) is 22. The van der Waals surface area contributed by atoms with Gasteiger partial charge in [-0.25, -0.2) is 4.39 Å². The lowest BCUT2D eigenvalue weighted by Crippen LogP contribution is -2.55. The molecule has 11 atom stereocenters. The van der Waals surface area contributed by atoms with Crippen LogP contribution in [0, 0.1) is 42.3 Å². The lowest BCUT2D eigenvalue weighted by Gasteiger charge is -2.33. The molecule has 31 heteroatoms. The Balaban J connectivity index is 1.17. The first kappa shape index (κ1) is 92.0. The number of ether oxygens (including phenoxy) is 1. The quantitative estimate of drug-likeness (QED) is 0.0238. The number of hydrogen-bond donors (Lipinski definition) is 14. The number of nitrogens with zero attached hydrogens (tertiary/aromatic N) is 3. The Morgan fingerprint density at radius 3 is 1.85 bits per heavy atom. The van der Waals surface area contributed by atoms with Crippen LogP contribution in [-0.4, -0.2) is 185 Å². The minimum absolute atomic E-state index is 0.00870. The first-order valence-corrected chi connectivity index (χ1v) is 38.2. The number of aliphatic hydroxyl groups excluding tert-OH is 3. The molecule has 0 saturated carbocycles. The van der Waals surface area contributed by atoms with Gasteiger partial charge in [0.15, 0.2) is 34.7 Å². The Labute approximate surface area is 661 Å². The third-order valence-corrected chi connectivity index (χ3v) is 19.9. The van der Waals surface area contributed by atoms with Crippen LogP contribution in [0.25, 0.3) is 11.1 Å². The summed E-state index contributed by atoms with van der Waals surface area (Å²) in [5, 5.41) is 78.7. The topological polar surface area (TPSA) is 508 Å². The molecule has 0 unspecified atom stereocenters. The van der Waals surface area contributed by atoms with E-state index in [1.165, 1.54) is 51.1 Å². The van der Waals surface area contributed by atoms with E-state index in [0.29, 0.717) is 49.3 Å². The molecule has 5 aromatic carbocycles. The van der Waals surface area contributed by atoms with E-state index in [4.69, 9.17) is 21.9 Å². The molecule has 114 heavy (non-hydrogen) atoms. The van der Waals surface area contributed by atoms with Crippen molar-refractivity contribution in [3.05, 3.63) is 160 Å². The summed E-state index contributed by atoms with van der Waals surface area (Å²) in [6.45, 7) is 12.2. The van der Waals surface area contributed by atoms with E-state index in [1.807, 2.05) is 69.3 Å². The maximum absolute atomic E-state index is 15.6. The first-order chi connectivity index (χ1) is 53.9. The monoisotopic (exact) mass is 1580 g/mol. The van der Waals surface area contributed by atoms with Crippen molar-refractivity contribution in [1.82, 2.24) is 47.2 Å². The molecule has 1 aromatic heterocycles. The van der Waals surface area contributed by atoms with Crippen LogP contribution < -0.4 is 48.5 Å². The number of nitrogens with two attached hydrogens (primary N) is 3. The molecule has 0 aliphatic rings. The summed E-state index contributed by atoms with van der Waals surface area (Å²) in [7, 11) is 0. The lowest BCUT2D eigenvalue weighted by atomic mass is 9.76. The number of aromatic nitrogens is 4. The van der Waals surface area contributed by atoms with Gasteiger partial charge in [-0.2, -0.15) is 5.21 Å². The van der Waals surface area contributed by atoms with Crippen LogP contribution in [0.3, 0.4) is 0 Å². The third-order valence-electron chi connectivity index (χ3n) is 19.9. The molecule has 616 valence electrons. The van der Waals surface area contributed by atoms with Gasteiger partial charge < -0.3 is 74.1 Å². The molecule has 0 aliphatic heterocycles. The van der Waals surface area contributed by atoms with Gasteiger partial charge in [-0.3, -0.25) is 57.5 Å². The van der Waals surface area contributed by atoms with Crippen LogP contribution in [0.2, 0.25) is 0 Å². The number of nitrogens with one attached hydrogen (secondary N) is 6. The average molecular weight is 1580 g/mol. The number of amides is 6. The fraction of sp³-hybridized carbons (Fsp3) is 0.482. The van der Waals surface area contributed by atoms with Crippen molar-refractivity contribution in [2.75, 3.05) is 19.8 Å². The van der Waals surface area contributed by atoms with Crippen molar-refractivity contribution in [3.63, 3.8) is 0 Å². The van der Waals surface area contributed by atoms with E-state index in [0.717, 1.165) is 66.1 Å². The van der Waals surface area contributed by atoms with Crippen LogP contribution in [0.4, 0.5) is 4.39 Å². The molecular weight excluding hydrogens is 1470 g/mol. The number of phenolic OH excluding ortho intramolecular Hbond substituents is 1. The van der Waals surface area contributed by atoms with Crippen molar-refractivity contribution in [2.45, 2.75) is 213 Å². The maximum atomic E-state index is 15.6. The summed E-state index contributed by atoms with van der Waals surface area (Å²) in [5.41, 5.74) is 21.1. The Bertz CT molecular complexity index is 4290. The molecule has 0 radical (unpaired) electrons. The number of carboxylic acids is 1. The fourth-order valence-electron chi connectivity index (χ4n) is 13.4. The molecule has 30 nitrogen and oxygen atoms in total. The second-order valence-corrected chi connectivity index (χ2v) is 30.3. The highest BCUT2D eigenvalue weighted by molar-refractivity contribution is 6.00. The SMILES string of the molecule is CCc1cc(OCCCCN)ccc1-c1ccc(C[C@H](CC(=O)[C@H](CC(=O)O)NC(=O)[C@H](CO)CC(=O)[C@@H](NC(=O)[C@@](C)(CC(=O)[C@@H](NC(=O)CCC(=O)[C@H](Cc2nn[nH]n2)NC(=O)C(C)(C)CC(=O)[C@@H](N)Cc2ccc(O)cc2)[C@@H](C)O)Cc2ccccc2F)[C@@H](C)O)C(=O)N[C@@H](CCCc2cc(C)cc(C)c2)C(N)=O)cc1. The minimum Gasteiger partial charge on any atom is -0.508 e. The van der Waals surface area contributed by atoms with Gasteiger partial charge in [-0.1, -0.05) is 123 Å². The Hall–Kier alpha value is -10.9. The molecule has 0 aliphatic carbocycles. The van der Waals surface area contributed by atoms with Crippen LogP contribution in [0.1, 0.15) is 157 Å². The number of ketones is 5. The molecule has 0 fully saturated rings. The van der Waals surface area contributed by atoms with Gasteiger partial charge in [0.1, 0.15) is 35.4 Å². The highest BCUT2D eigenvalue weighted by Gasteiger charge is 2.43. The standard InChI is InChI=1S/C83H109FN12O18/c1-9-54-38-60(114-32-13-12-31-85)27-28-61(54)55-23-19-51(20-24-55)36-57(78(110)88-64(77(87)109)18-14-15-53-34-47(2)33-48(3)35-53)39-68(102)66(42-74(107)108)89-79(111)58(46-97)40-69(103)75(49(4)98)92-81(113)83(8,43-56-16-10-11-17-62(56)84)45-71(105)76(50(5)99)91-73(106)30-29-67(101)65(41-72-93-95-96-94-72)90-80(112)82(6,7)44-70(104)63(86)37-52-21-25-59(100)26-22-52/h10-11,16-17,19-28,33-35,38,49-50,57-58,63-66,75-76,97-100H,9,12-15,18,29-32,36-37,39-46,85-86H2,1-8H3,(H2,87,109)(H,88,110)(H,89,111)(H,90,112)(H,91,106)(H,92,113)(H,107,108)(H,93,94,95,96)/t49-,50-,57-,58+,63+,64+,65+,66+,75+,76+,83-/m1/s1. The van der Waals surface area contributed by atoms with Crippen molar-refractivity contribution in [3.8, 4) is 22.6 Å². The number of primary amides is 1. The predicted octanol–water partition coefficient (Wildman–Crippen LogP) is 4.22. The van der Waals surface area contributed by atoms with Gasteiger partial charge in [0, 0.05) is 50.9 Å². The average Bonchev–Trinajstić information content (AvgIpc) is 1.39. The number of aryl methyl sites for hydroxylation is 4. The van der Waals surface area contributed by atoms with Gasteiger partial charge in [0.2, 0.25) is 35.4 Å². The number of unbranched alkanes of at least 4 members (excludes halogenated alkanes) is 1. The number of benzene rings is 5. The van der Waals surface area contributed by atoms with Crippen LogP contribution in [0.5, 0.6) is 11.5 Å². The van der Waals surface area contributed by atoms with Gasteiger partial charge in [-0.05, 0) is 161 Å². The molecule has 6 aromatic rings. The molecule has 0 saturated heterocycles. The molecule has 17 N–H and O–H groups in total. The second-order valence-electron chi connectivity index (χ2n) is 30.3. The first-order valence-electron chi connectivity index (χ1n) is 38.2. The number of aliphatic hydroxyl groups is 3. The zero-order valence-corrected chi connectivity index (χ0v) is 65.8. The summed E-state index contributed by atoms with van der Waals surface area (Å²) < 4.78 is 21.6. The lowest BCUT2D eigenvalue weighted by molar-refractivity contribution is -0.142. The Morgan fingerprint density at radius 2 is 1.25 bits per heavy atom. The van der Waals surface area contributed by atoms with Crippen LogP contribution in [-0.2, 0) is 96.1 Å². The van der Waals surface area contributed by atoms with E-state index >= 15 is 4.39 Å². The summed E-state index contributed by atoms with van der Waals surface area (Å²) in [4.78, 5) is 168. The number of rotatable bonds is 50. The normalized spacial score (nSPS) is 14.6. The minimum atomic E-state index is -2.11. The number of phenols is 1. The molecule has 6 rings (SSSR count). The van der Waals surface area contributed by atoms with E-state index in [2.05, 4.69) is 47.2 Å². The molecular formula is C83H109FN12O18. The largest absolute Gasteiger partial charge is 0.508 e. The van der Waals surface area contributed by atoms with Gasteiger partial charge in [-0.15, -0.1) is 10.2 Å². The number of aromatic hydroxyl groups is 1. The van der Waals surface area contributed by atoms with Crippen molar-refractivity contribution in [2.24, 2.45) is 39.9 Å². The van der Waals surface area contributed by atoms with Crippen molar-refractivity contribution in [1.29, 1.82) is 0 Å². The Kier molecular flexibility index (Phi) is 35.5. The predicted molar refractivity (Wildman–Crippen MR) is 419 cm³/mol. The second kappa shape index (κ2) is 44.0. The fourth-order valence-corrected chi connectivity index (χ4v) is 13.4. The number of carboxylic acid groups (broad SMARTS) is 1. The summed E-state index contributed by atoms with van der Waals surface area (Å²) in [5.74, 6) is -14.9. The zero-order valence-electron chi connectivity index (χ0n) is 65.8. The number of aromatic amines is 1. The van der Waals surface area contributed by atoms with Crippen LogP contribution in [0.15, 0.2) is 109 Å². The zero-order chi connectivity index (χ0) is 84.1. The van der Waals surface area contributed by atoms with E-state index in [-0.39, 0.29) is 49.2 Å². The van der Waals surface area contributed by atoms with Crippen molar-refractivity contribution < 1.29 is 92.2 Å². The van der Waals surface area contributed by atoms with Crippen LogP contribution >= 0.6 is 0 Å². The van der Waals surface area contributed by atoms with Gasteiger partial charge in [0.25, 0.3) is 0 Å². The number of carbonyl (C=O) groups is 12. The third kappa shape index (κ3) is 28.7. The summed E-state index contributed by atoms with van der Waals surface area (Å²) in [6.07, 6.45) is -6.33. The molecule has 0 bridgehead atoms. The number of carbonyl (C=O) groups excluding carboxylic acids is 11. The van der Waals surface area contributed by atoms with Gasteiger partial charge >= 0.3 is 5.97 Å². The smallest absolute Gasteiger partial charge is 0.305 e. The van der Waals surface area contributed by atoms with E-state index in [9.17, 15) is 83.1 Å². The number of H-pyrrole nitrogens is 1. The molecule has 6 amide bonds.